The molecular formula is C25H34FN3O5. The zero-order valence-corrected chi connectivity index (χ0v) is 20.0. The van der Waals surface area contributed by atoms with Gasteiger partial charge < -0.3 is 19.1 Å². The van der Waals surface area contributed by atoms with Gasteiger partial charge in [-0.25, -0.2) is 4.39 Å². The monoisotopic (exact) mass is 475 g/mol. The number of benzene rings is 1. The normalized spacial score (nSPS) is 29.6. The molecule has 1 aliphatic carbocycles. The van der Waals surface area contributed by atoms with E-state index in [0.29, 0.717) is 25.1 Å². The van der Waals surface area contributed by atoms with Crippen LogP contribution in [0.3, 0.4) is 0 Å². The second-order valence-corrected chi connectivity index (χ2v) is 10.0. The number of halogens is 1. The molecule has 3 saturated heterocycles. The lowest BCUT2D eigenvalue weighted by molar-refractivity contribution is -0.140. The van der Waals surface area contributed by atoms with E-state index >= 15 is 0 Å². The van der Waals surface area contributed by atoms with Crippen LogP contribution in [0.4, 0.5) is 10.1 Å². The van der Waals surface area contributed by atoms with E-state index in [9.17, 15) is 14.0 Å². The molecule has 3 heterocycles. The van der Waals surface area contributed by atoms with E-state index in [4.69, 9.17) is 14.2 Å². The van der Waals surface area contributed by atoms with Crippen LogP contribution in [0.25, 0.3) is 0 Å². The van der Waals surface area contributed by atoms with Gasteiger partial charge in [0.1, 0.15) is 18.4 Å². The largest absolute Gasteiger partial charge is 0.489 e. The minimum Gasteiger partial charge on any atom is -0.489 e. The molecule has 8 nitrogen and oxygen atoms in total. The highest BCUT2D eigenvalue weighted by Crippen LogP contribution is 2.42. The number of likely N-dealkylation sites (tertiary alicyclic amines) is 1. The summed E-state index contributed by atoms with van der Waals surface area (Å²) in [5.41, 5.74) is 0.793. The maximum absolute atomic E-state index is 13.9. The summed E-state index contributed by atoms with van der Waals surface area (Å²) >= 11 is 0. The Morgan fingerprint density at radius 3 is 2.26 bits per heavy atom. The molecule has 1 aromatic rings. The van der Waals surface area contributed by atoms with Crippen molar-refractivity contribution in [2.75, 3.05) is 51.0 Å². The fourth-order valence-corrected chi connectivity index (χ4v) is 5.73. The predicted octanol–water partition coefficient (Wildman–Crippen LogP) is 2.26. The molecule has 34 heavy (non-hydrogen) atoms. The van der Waals surface area contributed by atoms with Gasteiger partial charge in [0.15, 0.2) is 0 Å². The van der Waals surface area contributed by atoms with Gasteiger partial charge in [0.25, 0.3) is 0 Å². The fourth-order valence-electron chi connectivity index (χ4n) is 5.73. The number of piperazine rings is 1. The molecule has 4 aliphatic rings. The van der Waals surface area contributed by atoms with Gasteiger partial charge in [-0.2, -0.15) is 0 Å². The van der Waals surface area contributed by atoms with Gasteiger partial charge >= 0.3 is 0 Å². The van der Waals surface area contributed by atoms with Crippen LogP contribution in [0.5, 0.6) is 5.75 Å². The Balaban J connectivity index is 1.11. The Morgan fingerprint density at radius 1 is 1.00 bits per heavy atom. The minimum atomic E-state index is -0.268. The molecule has 4 atom stereocenters. The van der Waals surface area contributed by atoms with Crippen molar-refractivity contribution in [1.82, 2.24) is 9.80 Å². The number of nitrogens with zero attached hydrogens (tertiary/aromatic N) is 3. The fraction of sp³-hybridized carbons (Fsp3) is 0.680. The lowest BCUT2D eigenvalue weighted by atomic mass is 9.78. The summed E-state index contributed by atoms with van der Waals surface area (Å²) in [5, 5.41) is 0. The van der Waals surface area contributed by atoms with E-state index in [-0.39, 0.29) is 54.6 Å². The quantitative estimate of drug-likeness (QED) is 0.560. The number of fused-ring (bicyclic) bond motifs is 2. The van der Waals surface area contributed by atoms with Crippen LogP contribution >= 0.6 is 0 Å². The highest BCUT2D eigenvalue weighted by molar-refractivity contribution is 6.05. The second-order valence-electron chi connectivity index (χ2n) is 10.0. The molecule has 1 saturated carbocycles. The molecule has 9 heteroatoms. The van der Waals surface area contributed by atoms with E-state index in [1.165, 1.54) is 11.0 Å². The van der Waals surface area contributed by atoms with Crippen LogP contribution in [0.2, 0.25) is 0 Å². The van der Waals surface area contributed by atoms with Gasteiger partial charge in [-0.1, -0.05) is 0 Å². The second kappa shape index (κ2) is 9.79. The molecule has 0 radical (unpaired) electrons. The molecule has 0 N–H and O–H groups in total. The lowest BCUT2D eigenvalue weighted by Gasteiger charge is -2.37. The molecular weight excluding hydrogens is 441 g/mol. The van der Waals surface area contributed by atoms with E-state index in [1.807, 2.05) is 13.8 Å². The van der Waals surface area contributed by atoms with Crippen molar-refractivity contribution < 1.29 is 28.2 Å². The summed E-state index contributed by atoms with van der Waals surface area (Å²) < 4.78 is 30.9. The van der Waals surface area contributed by atoms with Gasteiger partial charge in [-0.3, -0.25) is 19.4 Å². The first-order valence-electron chi connectivity index (χ1n) is 12.4. The molecule has 4 unspecified atom stereocenters. The molecule has 186 valence electrons. The Labute approximate surface area is 199 Å². The number of imide groups is 1. The third-order valence-corrected chi connectivity index (χ3v) is 7.46. The average molecular weight is 476 g/mol. The van der Waals surface area contributed by atoms with Crippen molar-refractivity contribution in [1.29, 1.82) is 0 Å². The van der Waals surface area contributed by atoms with Crippen LogP contribution < -0.4 is 9.64 Å². The summed E-state index contributed by atoms with van der Waals surface area (Å²) in [6.45, 7) is 8.67. The standard InChI is InChI=1S/C25H34FN3O5/c1-16(2)34-21-5-4-17(26)12-20(21)28-10-8-27(9-11-28)6-3-7-29-24(30)18-13-22-23(33-15-32-22)14-19(18)25(29)31/h4-5,12,16,18-19,22-23H,3,6-11,13-15H2,1-2H3. The Kier molecular flexibility index (Phi) is 6.77. The summed E-state index contributed by atoms with van der Waals surface area (Å²) in [4.78, 5) is 31.8. The molecule has 0 spiro atoms. The number of amides is 2. The number of hydrogen-bond donors (Lipinski definition) is 0. The first kappa shape index (κ1) is 23.5. The smallest absolute Gasteiger partial charge is 0.233 e. The Hall–Kier alpha value is -2.23. The summed E-state index contributed by atoms with van der Waals surface area (Å²) in [6.07, 6.45) is 1.82. The van der Waals surface area contributed by atoms with Gasteiger partial charge in [0, 0.05) is 38.8 Å². The highest BCUT2D eigenvalue weighted by Gasteiger charge is 2.54. The number of rotatable bonds is 7. The van der Waals surface area contributed by atoms with Gasteiger partial charge in [0.05, 0.1) is 35.8 Å². The summed E-state index contributed by atoms with van der Waals surface area (Å²) in [6, 6.07) is 4.67. The van der Waals surface area contributed by atoms with E-state index in [1.54, 1.807) is 12.1 Å². The van der Waals surface area contributed by atoms with Crippen molar-refractivity contribution in [3.63, 3.8) is 0 Å². The van der Waals surface area contributed by atoms with Crippen molar-refractivity contribution in [2.24, 2.45) is 11.8 Å². The Morgan fingerprint density at radius 2 is 1.65 bits per heavy atom. The summed E-state index contributed by atoms with van der Waals surface area (Å²) in [7, 11) is 0. The third kappa shape index (κ3) is 4.65. The number of hydrogen-bond acceptors (Lipinski definition) is 7. The highest BCUT2D eigenvalue weighted by atomic mass is 19.1. The van der Waals surface area contributed by atoms with Crippen LogP contribution in [-0.2, 0) is 19.1 Å². The lowest BCUT2D eigenvalue weighted by Crippen LogP contribution is -2.47. The number of carbonyl (C=O) groups excluding carboxylic acids is 2. The maximum atomic E-state index is 13.9. The van der Waals surface area contributed by atoms with Crippen LogP contribution in [0.15, 0.2) is 18.2 Å². The van der Waals surface area contributed by atoms with Crippen LogP contribution in [-0.4, -0.2) is 86.0 Å². The first-order chi connectivity index (χ1) is 16.4. The van der Waals surface area contributed by atoms with Crippen molar-refractivity contribution in [3.8, 4) is 5.75 Å². The van der Waals surface area contributed by atoms with Gasteiger partial charge in [-0.15, -0.1) is 0 Å². The zero-order chi connectivity index (χ0) is 23.8. The van der Waals surface area contributed by atoms with Gasteiger partial charge in [-0.05, 0) is 51.8 Å². The predicted molar refractivity (Wildman–Crippen MR) is 123 cm³/mol. The number of anilines is 1. The van der Waals surface area contributed by atoms with Crippen LogP contribution in [0, 0.1) is 17.7 Å². The molecule has 5 rings (SSSR count). The van der Waals surface area contributed by atoms with E-state index < -0.39 is 0 Å². The zero-order valence-electron chi connectivity index (χ0n) is 20.0. The number of carbonyl (C=O) groups is 2. The first-order valence-corrected chi connectivity index (χ1v) is 12.4. The van der Waals surface area contributed by atoms with Gasteiger partial charge in [0.2, 0.25) is 11.8 Å². The van der Waals surface area contributed by atoms with Crippen molar-refractivity contribution in [2.45, 2.75) is 51.4 Å². The molecule has 1 aromatic carbocycles. The average Bonchev–Trinajstić information content (AvgIpc) is 3.37. The molecule has 0 aromatic heterocycles. The molecule has 2 amide bonds. The molecule has 3 aliphatic heterocycles. The molecule has 4 fully saturated rings. The maximum Gasteiger partial charge on any atom is 0.233 e. The molecule has 0 bridgehead atoms. The minimum absolute atomic E-state index is 0.0185. The Bertz CT molecular complexity index is 890. The van der Waals surface area contributed by atoms with E-state index in [0.717, 1.165) is 44.8 Å². The number of ether oxygens (including phenoxy) is 3. The van der Waals surface area contributed by atoms with Crippen molar-refractivity contribution >= 4 is 17.5 Å². The SMILES string of the molecule is CC(C)Oc1ccc(F)cc1N1CCN(CCCN2C(=O)C3CC4OCOC4CC3C2=O)CC1. The van der Waals surface area contributed by atoms with Crippen molar-refractivity contribution in [3.05, 3.63) is 24.0 Å². The summed E-state index contributed by atoms with van der Waals surface area (Å²) in [5.74, 6) is -0.164. The third-order valence-electron chi connectivity index (χ3n) is 7.46. The van der Waals surface area contributed by atoms with Crippen LogP contribution in [0.1, 0.15) is 33.1 Å². The topological polar surface area (TPSA) is 71.6 Å². The van der Waals surface area contributed by atoms with E-state index in [2.05, 4.69) is 9.80 Å².